The van der Waals surface area contributed by atoms with Crippen molar-refractivity contribution in [3.8, 4) is 0 Å². The monoisotopic (exact) mass is 269 g/mol. The van der Waals surface area contributed by atoms with Crippen molar-refractivity contribution in [2.45, 2.75) is 58.5 Å². The number of nitrogens with zero attached hydrogens (tertiary/aromatic N) is 2. The summed E-state index contributed by atoms with van der Waals surface area (Å²) in [7, 11) is 4.45. The quantitative estimate of drug-likeness (QED) is 0.730. The molecule has 0 aromatic heterocycles. The van der Waals surface area contributed by atoms with Gasteiger partial charge in [0.25, 0.3) is 0 Å². The molecular weight excluding hydrogens is 234 g/mol. The average molecular weight is 269 g/mol. The zero-order valence-corrected chi connectivity index (χ0v) is 13.8. The lowest BCUT2D eigenvalue weighted by molar-refractivity contribution is 0.167. The van der Waals surface area contributed by atoms with Crippen molar-refractivity contribution < 1.29 is 0 Å². The maximum atomic E-state index is 3.83. The lowest BCUT2D eigenvalue weighted by atomic mass is 9.92. The first-order valence-electron chi connectivity index (χ1n) is 8.24. The van der Waals surface area contributed by atoms with E-state index in [9.17, 15) is 0 Å². The number of likely N-dealkylation sites (N-methyl/N-ethyl adjacent to an activating group) is 1. The van der Waals surface area contributed by atoms with E-state index in [1.54, 1.807) is 0 Å². The Morgan fingerprint density at radius 1 is 1.11 bits per heavy atom. The van der Waals surface area contributed by atoms with Crippen molar-refractivity contribution in [2.24, 2.45) is 5.92 Å². The molecule has 1 saturated heterocycles. The first kappa shape index (κ1) is 16.9. The van der Waals surface area contributed by atoms with Crippen LogP contribution in [0.4, 0.5) is 0 Å². The number of piperidine rings is 1. The number of nitrogens with one attached hydrogen (secondary N) is 1. The maximum absolute atomic E-state index is 3.83. The van der Waals surface area contributed by atoms with Crippen molar-refractivity contribution in [1.82, 2.24) is 15.1 Å². The zero-order valence-electron chi connectivity index (χ0n) is 13.8. The summed E-state index contributed by atoms with van der Waals surface area (Å²) in [5.74, 6) is 0.818. The Hall–Kier alpha value is -0.120. The molecule has 1 N–H and O–H groups in total. The minimum atomic E-state index is 0.680. The summed E-state index contributed by atoms with van der Waals surface area (Å²) in [5, 5.41) is 3.83. The lowest BCUT2D eigenvalue weighted by Crippen LogP contribution is -2.49. The fourth-order valence-electron chi connectivity index (χ4n) is 3.34. The molecule has 0 aromatic carbocycles. The largest absolute Gasteiger partial charge is 0.312 e. The molecule has 0 saturated carbocycles. The maximum Gasteiger partial charge on any atom is 0.0242 e. The summed E-state index contributed by atoms with van der Waals surface area (Å²) >= 11 is 0. The molecule has 0 aliphatic carbocycles. The molecule has 1 heterocycles. The third-order valence-corrected chi connectivity index (χ3v) is 4.91. The van der Waals surface area contributed by atoms with Crippen LogP contribution in [0.5, 0.6) is 0 Å². The first-order chi connectivity index (χ1) is 9.12. The van der Waals surface area contributed by atoms with Crippen molar-refractivity contribution in [3.05, 3.63) is 0 Å². The van der Waals surface area contributed by atoms with Gasteiger partial charge in [0.2, 0.25) is 0 Å². The third-order valence-electron chi connectivity index (χ3n) is 4.91. The Kier molecular flexibility index (Phi) is 7.96. The Balaban J connectivity index is 2.36. The Morgan fingerprint density at radius 3 is 2.11 bits per heavy atom. The van der Waals surface area contributed by atoms with Gasteiger partial charge in [-0.15, -0.1) is 0 Å². The molecule has 0 radical (unpaired) electrons. The number of hydrogen-bond acceptors (Lipinski definition) is 3. The standard InChI is InChI=1S/C16H35N3/c1-6-14(7-2)16(18(4)5)13-17-15-9-11-19(8-3)12-10-15/h14-17H,6-13H2,1-5H3. The van der Waals surface area contributed by atoms with Gasteiger partial charge in [0.1, 0.15) is 0 Å². The average Bonchev–Trinajstić information content (AvgIpc) is 2.43. The van der Waals surface area contributed by atoms with Crippen molar-refractivity contribution >= 4 is 0 Å². The second-order valence-corrected chi connectivity index (χ2v) is 6.22. The summed E-state index contributed by atoms with van der Waals surface area (Å²) < 4.78 is 0. The molecule has 0 amide bonds. The van der Waals surface area contributed by atoms with Crippen LogP contribution in [0.3, 0.4) is 0 Å². The summed E-state index contributed by atoms with van der Waals surface area (Å²) in [4.78, 5) is 4.97. The smallest absolute Gasteiger partial charge is 0.0242 e. The molecule has 3 nitrogen and oxygen atoms in total. The number of rotatable bonds is 8. The summed E-state index contributed by atoms with van der Waals surface area (Å²) in [6, 6.07) is 1.42. The minimum absolute atomic E-state index is 0.680. The predicted molar refractivity (Wildman–Crippen MR) is 84.7 cm³/mol. The molecule has 1 atom stereocenters. The van der Waals surface area contributed by atoms with E-state index in [1.165, 1.54) is 45.3 Å². The molecule has 1 unspecified atom stereocenters. The summed E-state index contributed by atoms with van der Waals surface area (Å²) in [6.45, 7) is 11.8. The highest BCUT2D eigenvalue weighted by atomic mass is 15.2. The number of hydrogen-bond donors (Lipinski definition) is 1. The topological polar surface area (TPSA) is 18.5 Å². The molecule has 19 heavy (non-hydrogen) atoms. The van der Waals surface area contributed by atoms with E-state index in [4.69, 9.17) is 0 Å². The number of likely N-dealkylation sites (tertiary alicyclic amines) is 1. The van der Waals surface area contributed by atoms with Crippen molar-refractivity contribution in [3.63, 3.8) is 0 Å². The van der Waals surface area contributed by atoms with Crippen LogP contribution in [0.2, 0.25) is 0 Å². The van der Waals surface area contributed by atoms with Crippen LogP contribution in [-0.4, -0.2) is 62.2 Å². The summed E-state index contributed by atoms with van der Waals surface area (Å²) in [6.07, 6.45) is 5.21. The third kappa shape index (κ3) is 5.41. The Morgan fingerprint density at radius 2 is 1.68 bits per heavy atom. The van der Waals surface area contributed by atoms with Gasteiger partial charge in [-0.3, -0.25) is 0 Å². The van der Waals surface area contributed by atoms with Gasteiger partial charge in [-0.25, -0.2) is 0 Å². The van der Waals surface area contributed by atoms with E-state index < -0.39 is 0 Å². The fraction of sp³-hybridized carbons (Fsp3) is 1.00. The second-order valence-electron chi connectivity index (χ2n) is 6.22. The molecule has 1 aliphatic heterocycles. The van der Waals surface area contributed by atoms with Gasteiger partial charge in [-0.05, 0) is 52.5 Å². The van der Waals surface area contributed by atoms with Gasteiger partial charge in [0.05, 0.1) is 0 Å². The van der Waals surface area contributed by atoms with E-state index >= 15 is 0 Å². The van der Waals surface area contributed by atoms with Gasteiger partial charge in [-0.1, -0.05) is 33.6 Å². The normalized spacial score (nSPS) is 20.4. The molecule has 0 bridgehead atoms. The van der Waals surface area contributed by atoms with E-state index in [1.807, 2.05) is 0 Å². The van der Waals surface area contributed by atoms with Crippen LogP contribution in [0, 0.1) is 5.92 Å². The van der Waals surface area contributed by atoms with Gasteiger partial charge in [-0.2, -0.15) is 0 Å². The molecule has 1 fully saturated rings. The minimum Gasteiger partial charge on any atom is -0.312 e. The van der Waals surface area contributed by atoms with Gasteiger partial charge >= 0.3 is 0 Å². The fourth-order valence-corrected chi connectivity index (χ4v) is 3.34. The Bertz CT molecular complexity index is 218. The Labute approximate surface area is 120 Å². The van der Waals surface area contributed by atoms with Gasteiger partial charge in [0.15, 0.2) is 0 Å². The van der Waals surface area contributed by atoms with Crippen LogP contribution in [-0.2, 0) is 0 Å². The zero-order chi connectivity index (χ0) is 14.3. The molecule has 0 aromatic rings. The second kappa shape index (κ2) is 8.93. The van der Waals surface area contributed by atoms with E-state index in [-0.39, 0.29) is 0 Å². The van der Waals surface area contributed by atoms with Crippen molar-refractivity contribution in [2.75, 3.05) is 40.3 Å². The van der Waals surface area contributed by atoms with Crippen LogP contribution in [0.15, 0.2) is 0 Å². The highest BCUT2D eigenvalue weighted by Gasteiger charge is 2.23. The van der Waals surface area contributed by atoms with E-state index in [0.717, 1.165) is 18.5 Å². The molecule has 3 heteroatoms. The van der Waals surface area contributed by atoms with Crippen molar-refractivity contribution in [1.29, 1.82) is 0 Å². The van der Waals surface area contributed by atoms with Crippen LogP contribution >= 0.6 is 0 Å². The first-order valence-corrected chi connectivity index (χ1v) is 8.24. The predicted octanol–water partition coefficient (Wildman–Crippen LogP) is 2.43. The van der Waals surface area contributed by atoms with E-state index in [0.29, 0.717) is 6.04 Å². The van der Waals surface area contributed by atoms with Gasteiger partial charge < -0.3 is 15.1 Å². The highest BCUT2D eigenvalue weighted by Crippen LogP contribution is 2.17. The van der Waals surface area contributed by atoms with Crippen LogP contribution in [0.25, 0.3) is 0 Å². The molecular formula is C16H35N3. The molecule has 1 aliphatic rings. The lowest BCUT2D eigenvalue weighted by Gasteiger charge is -2.36. The van der Waals surface area contributed by atoms with Crippen LogP contribution in [0.1, 0.15) is 46.5 Å². The molecule has 0 spiro atoms. The molecule has 1 rings (SSSR count). The SMILES string of the molecule is CCC(CC)C(CNC1CCN(CC)CC1)N(C)C. The van der Waals surface area contributed by atoms with E-state index in [2.05, 4.69) is 50.0 Å². The molecule has 114 valence electrons. The summed E-state index contributed by atoms with van der Waals surface area (Å²) in [5.41, 5.74) is 0. The van der Waals surface area contributed by atoms with Crippen LogP contribution < -0.4 is 5.32 Å². The highest BCUT2D eigenvalue weighted by molar-refractivity contribution is 4.82. The van der Waals surface area contributed by atoms with Gasteiger partial charge in [0, 0.05) is 18.6 Å².